The summed E-state index contributed by atoms with van der Waals surface area (Å²) in [5.74, 6) is 2.09. The van der Waals surface area contributed by atoms with Gasteiger partial charge in [0.2, 0.25) is 0 Å². The number of hydrogen-bond donors (Lipinski definition) is 1. The molecule has 0 aromatic carbocycles. The molecule has 2 fully saturated rings. The Balaban J connectivity index is 1.73. The molecule has 0 bridgehead atoms. The predicted molar refractivity (Wildman–Crippen MR) is 48.1 cm³/mol. The summed E-state index contributed by atoms with van der Waals surface area (Å²) in [4.78, 5) is 12.2. The van der Waals surface area contributed by atoms with E-state index in [1.54, 1.807) is 4.68 Å². The Morgan fingerprint density at radius 1 is 1.47 bits per heavy atom. The van der Waals surface area contributed by atoms with E-state index in [4.69, 9.17) is 5.11 Å². The number of carbonyl (C=O) groups is 1. The van der Waals surface area contributed by atoms with Gasteiger partial charge in [0.15, 0.2) is 5.82 Å². The lowest BCUT2D eigenvalue weighted by atomic mass is 10.2. The van der Waals surface area contributed by atoms with Gasteiger partial charge in [-0.2, -0.15) is 0 Å². The number of piperidine rings is 1. The highest BCUT2D eigenvalue weighted by molar-refractivity contribution is 5.66. The van der Waals surface area contributed by atoms with Crippen molar-refractivity contribution in [3.8, 4) is 0 Å². The first-order valence-electron chi connectivity index (χ1n) is 4.88. The van der Waals surface area contributed by atoms with E-state index in [9.17, 15) is 4.79 Å². The lowest BCUT2D eigenvalue weighted by Gasteiger charge is -2.14. The monoisotopic (exact) mass is 209 g/mol. The molecule has 3 atom stereocenters. The summed E-state index contributed by atoms with van der Waals surface area (Å²) in [7, 11) is 1.82. The molecule has 1 aliphatic carbocycles. The molecule has 1 amide bonds. The number of hydrogen-bond acceptors (Lipinski definition) is 4. The lowest BCUT2D eigenvalue weighted by molar-refractivity contribution is 0.149. The maximum atomic E-state index is 10.7. The van der Waals surface area contributed by atoms with E-state index in [1.807, 2.05) is 7.05 Å². The van der Waals surface area contributed by atoms with E-state index >= 15 is 0 Å². The quantitative estimate of drug-likeness (QED) is 0.676. The van der Waals surface area contributed by atoms with Gasteiger partial charge in [-0.05, 0) is 22.3 Å². The third kappa shape index (κ3) is 1.12. The molecule has 1 saturated heterocycles. The van der Waals surface area contributed by atoms with Crippen molar-refractivity contribution >= 4 is 6.09 Å². The molecule has 0 spiro atoms. The lowest BCUT2D eigenvalue weighted by Crippen LogP contribution is -2.29. The van der Waals surface area contributed by atoms with E-state index in [0.717, 1.165) is 5.82 Å². The third-order valence-corrected chi connectivity index (χ3v) is 3.42. The second kappa shape index (κ2) is 2.68. The molecule has 80 valence electrons. The average molecular weight is 209 g/mol. The van der Waals surface area contributed by atoms with Crippen molar-refractivity contribution < 1.29 is 9.90 Å². The summed E-state index contributed by atoms with van der Waals surface area (Å²) in [5, 5.41) is 20.2. The number of fused-ring (bicyclic) bond motifs is 1. The first-order chi connectivity index (χ1) is 7.18. The van der Waals surface area contributed by atoms with E-state index in [-0.39, 0.29) is 0 Å². The van der Waals surface area contributed by atoms with Gasteiger partial charge in [0.05, 0.1) is 0 Å². The third-order valence-electron chi connectivity index (χ3n) is 3.42. The standard InChI is InChI=1S/C8H11N5O2/c1-12-7(9-10-11-12)6-4-2-13(8(14)15)3-5(4)6/h4-6H,2-3H2,1H3,(H,14,15)/t4-,5?,6?/m0/s1. The summed E-state index contributed by atoms with van der Waals surface area (Å²) in [6.07, 6.45) is -0.822. The number of carboxylic acid groups (broad SMARTS) is 1. The minimum absolute atomic E-state index is 0.362. The van der Waals surface area contributed by atoms with Gasteiger partial charge in [-0.3, -0.25) is 0 Å². The van der Waals surface area contributed by atoms with Crippen LogP contribution in [0.15, 0.2) is 0 Å². The van der Waals surface area contributed by atoms with Crippen LogP contribution in [0.1, 0.15) is 11.7 Å². The maximum Gasteiger partial charge on any atom is 0.407 e. The van der Waals surface area contributed by atoms with Crippen LogP contribution in [0.4, 0.5) is 4.79 Å². The van der Waals surface area contributed by atoms with E-state index in [2.05, 4.69) is 15.5 Å². The van der Waals surface area contributed by atoms with Crippen molar-refractivity contribution in [3.05, 3.63) is 5.82 Å². The van der Waals surface area contributed by atoms with Crippen LogP contribution in [0.2, 0.25) is 0 Å². The molecule has 2 aliphatic rings. The molecule has 2 heterocycles. The first-order valence-corrected chi connectivity index (χ1v) is 4.88. The van der Waals surface area contributed by atoms with Crippen LogP contribution in [0.25, 0.3) is 0 Å². The van der Waals surface area contributed by atoms with Crippen molar-refractivity contribution in [1.82, 2.24) is 25.1 Å². The van der Waals surface area contributed by atoms with Crippen molar-refractivity contribution in [2.24, 2.45) is 18.9 Å². The number of amides is 1. The predicted octanol–water partition coefficient (Wildman–Crippen LogP) is -0.467. The molecule has 1 saturated carbocycles. The number of nitrogens with zero attached hydrogens (tertiary/aromatic N) is 5. The molecule has 15 heavy (non-hydrogen) atoms. The number of rotatable bonds is 1. The van der Waals surface area contributed by atoms with Crippen LogP contribution in [0.3, 0.4) is 0 Å². The Morgan fingerprint density at radius 2 is 2.13 bits per heavy atom. The van der Waals surface area contributed by atoms with Gasteiger partial charge in [0.1, 0.15) is 0 Å². The molecule has 1 N–H and O–H groups in total. The molecule has 7 heteroatoms. The molecular formula is C8H11N5O2. The second-order valence-electron chi connectivity index (χ2n) is 4.20. The van der Waals surface area contributed by atoms with Gasteiger partial charge in [-0.15, -0.1) is 5.10 Å². The summed E-state index contributed by atoms with van der Waals surface area (Å²) < 4.78 is 1.67. The first kappa shape index (κ1) is 8.63. The van der Waals surface area contributed by atoms with Crippen molar-refractivity contribution in [3.63, 3.8) is 0 Å². The zero-order chi connectivity index (χ0) is 10.6. The molecule has 1 aromatic rings. The second-order valence-corrected chi connectivity index (χ2v) is 4.20. The van der Waals surface area contributed by atoms with Crippen LogP contribution in [0, 0.1) is 11.8 Å². The number of likely N-dealkylation sites (tertiary alicyclic amines) is 1. The van der Waals surface area contributed by atoms with Crippen LogP contribution in [-0.2, 0) is 7.05 Å². The smallest absolute Gasteiger partial charge is 0.407 e. The molecule has 3 rings (SSSR count). The van der Waals surface area contributed by atoms with E-state index < -0.39 is 6.09 Å². The molecular weight excluding hydrogens is 198 g/mol. The summed E-state index contributed by atoms with van der Waals surface area (Å²) in [6.45, 7) is 1.25. The Kier molecular flexibility index (Phi) is 1.54. The summed E-state index contributed by atoms with van der Waals surface area (Å²) in [6, 6.07) is 0. The Morgan fingerprint density at radius 3 is 2.60 bits per heavy atom. The van der Waals surface area contributed by atoms with Crippen LogP contribution < -0.4 is 0 Å². The Labute approximate surface area is 85.7 Å². The fourth-order valence-corrected chi connectivity index (χ4v) is 2.58. The molecule has 1 aliphatic heterocycles. The highest BCUT2D eigenvalue weighted by Crippen LogP contribution is 2.57. The van der Waals surface area contributed by atoms with Gasteiger partial charge >= 0.3 is 6.09 Å². The zero-order valence-electron chi connectivity index (χ0n) is 8.24. The Hall–Kier alpha value is -1.66. The van der Waals surface area contributed by atoms with Gasteiger partial charge < -0.3 is 10.0 Å². The highest BCUT2D eigenvalue weighted by Gasteiger charge is 2.59. The topological polar surface area (TPSA) is 84.1 Å². The van der Waals surface area contributed by atoms with Crippen LogP contribution in [0.5, 0.6) is 0 Å². The van der Waals surface area contributed by atoms with E-state index in [1.165, 1.54) is 4.90 Å². The minimum Gasteiger partial charge on any atom is -0.465 e. The van der Waals surface area contributed by atoms with E-state index in [0.29, 0.717) is 30.8 Å². The van der Waals surface area contributed by atoms with Crippen LogP contribution >= 0.6 is 0 Å². The number of tetrazole rings is 1. The summed E-state index contributed by atoms with van der Waals surface area (Å²) >= 11 is 0. The minimum atomic E-state index is -0.822. The van der Waals surface area contributed by atoms with Crippen molar-refractivity contribution in [2.45, 2.75) is 5.92 Å². The fraction of sp³-hybridized carbons (Fsp3) is 0.750. The highest BCUT2D eigenvalue weighted by atomic mass is 16.4. The van der Waals surface area contributed by atoms with Gasteiger partial charge in [0, 0.05) is 26.1 Å². The van der Waals surface area contributed by atoms with Gasteiger partial charge in [-0.25, -0.2) is 9.48 Å². The number of aryl methyl sites for hydroxylation is 1. The fourth-order valence-electron chi connectivity index (χ4n) is 2.58. The molecule has 2 unspecified atom stereocenters. The van der Waals surface area contributed by atoms with Crippen LogP contribution in [-0.4, -0.2) is 49.4 Å². The zero-order valence-corrected chi connectivity index (χ0v) is 8.24. The number of aromatic nitrogens is 4. The summed E-state index contributed by atoms with van der Waals surface area (Å²) in [5.41, 5.74) is 0. The molecule has 0 radical (unpaired) electrons. The maximum absolute atomic E-state index is 10.7. The van der Waals surface area contributed by atoms with Crippen molar-refractivity contribution in [1.29, 1.82) is 0 Å². The van der Waals surface area contributed by atoms with Crippen molar-refractivity contribution in [2.75, 3.05) is 13.1 Å². The largest absolute Gasteiger partial charge is 0.465 e. The van der Waals surface area contributed by atoms with Gasteiger partial charge in [0.25, 0.3) is 0 Å². The SMILES string of the molecule is Cn1nnnc1C1C2CN(C(=O)O)C[C@@H]21. The molecule has 1 aromatic heterocycles. The van der Waals surface area contributed by atoms with Gasteiger partial charge in [-0.1, -0.05) is 0 Å². The Bertz CT molecular complexity index is 405. The normalized spacial score (nSPS) is 32.9. The molecule has 7 nitrogen and oxygen atoms in total. The average Bonchev–Trinajstić information content (AvgIpc) is 2.63.